The molecular weight excluding hydrogens is 356 g/mol. The topological polar surface area (TPSA) is 98.3 Å². The molecule has 2 amide bonds. The number of nitrogens with zero attached hydrogens (tertiary/aromatic N) is 3. The van der Waals surface area contributed by atoms with Crippen molar-refractivity contribution in [3.8, 4) is 0 Å². The van der Waals surface area contributed by atoms with Gasteiger partial charge in [-0.2, -0.15) is 5.10 Å². The lowest BCUT2D eigenvalue weighted by atomic mass is 9.96. The molecule has 0 fully saturated rings. The van der Waals surface area contributed by atoms with Crippen LogP contribution in [0, 0.1) is 0 Å². The van der Waals surface area contributed by atoms with E-state index in [1.807, 2.05) is 31.2 Å². The number of aromatic nitrogens is 2. The van der Waals surface area contributed by atoms with Crippen LogP contribution in [0.2, 0.25) is 0 Å². The molecule has 3 aromatic rings. The van der Waals surface area contributed by atoms with E-state index in [1.165, 1.54) is 0 Å². The number of nitrogens with two attached hydrogens (primary N) is 1. The molecule has 2 heterocycles. The number of benzene rings is 2. The van der Waals surface area contributed by atoms with Crippen molar-refractivity contribution in [3.63, 3.8) is 0 Å². The van der Waals surface area contributed by atoms with Crippen LogP contribution < -0.4 is 16.2 Å². The van der Waals surface area contributed by atoms with Gasteiger partial charge in [0, 0.05) is 17.1 Å². The van der Waals surface area contributed by atoms with Crippen molar-refractivity contribution in [3.05, 3.63) is 70.1 Å². The van der Waals surface area contributed by atoms with E-state index < -0.39 is 11.5 Å². The van der Waals surface area contributed by atoms with E-state index in [4.69, 9.17) is 5.73 Å². The maximum absolute atomic E-state index is 13.1. The second kappa shape index (κ2) is 6.92. The number of amides is 2. The van der Waals surface area contributed by atoms with Crippen molar-refractivity contribution < 1.29 is 9.59 Å². The zero-order valence-electron chi connectivity index (χ0n) is 15.5. The van der Waals surface area contributed by atoms with E-state index >= 15 is 0 Å². The van der Waals surface area contributed by atoms with Crippen LogP contribution in [-0.4, -0.2) is 27.6 Å². The lowest BCUT2D eigenvalue weighted by Crippen LogP contribution is -2.45. The van der Waals surface area contributed by atoms with Crippen molar-refractivity contribution >= 4 is 28.3 Å². The molecule has 7 nitrogen and oxygen atoms in total. The predicted octanol–water partition coefficient (Wildman–Crippen LogP) is 1.86. The second-order valence-electron chi connectivity index (χ2n) is 7.00. The number of para-hydroxylation sites is 1. The third kappa shape index (κ3) is 2.94. The summed E-state index contributed by atoms with van der Waals surface area (Å²) in [6, 6.07) is 14.4. The highest BCUT2D eigenvalue weighted by Crippen LogP contribution is 2.30. The van der Waals surface area contributed by atoms with Gasteiger partial charge in [-0.15, -0.1) is 0 Å². The highest BCUT2D eigenvalue weighted by Gasteiger charge is 2.28. The maximum atomic E-state index is 13.1. The number of hydrogen-bond donors (Lipinski definition) is 1. The number of carbonyl (C=O) groups excluding carboxylic acids is 2. The van der Waals surface area contributed by atoms with Gasteiger partial charge in [0.25, 0.3) is 11.5 Å². The highest BCUT2D eigenvalue weighted by molar-refractivity contribution is 6.04. The van der Waals surface area contributed by atoms with E-state index in [-0.39, 0.29) is 24.2 Å². The molecular formula is C21H20N4O3. The van der Waals surface area contributed by atoms with Gasteiger partial charge in [0.15, 0.2) is 5.69 Å². The largest absolute Gasteiger partial charge is 0.364 e. The first kappa shape index (κ1) is 17.9. The monoisotopic (exact) mass is 376 g/mol. The molecule has 142 valence electrons. The highest BCUT2D eigenvalue weighted by atomic mass is 16.2. The van der Waals surface area contributed by atoms with Gasteiger partial charge in [-0.05, 0) is 37.5 Å². The quantitative estimate of drug-likeness (QED) is 0.754. The first-order valence-electron chi connectivity index (χ1n) is 9.17. The normalized spacial score (nSPS) is 16.0. The Morgan fingerprint density at radius 1 is 1.11 bits per heavy atom. The Bertz CT molecular complexity index is 1150. The fourth-order valence-corrected chi connectivity index (χ4v) is 3.80. The van der Waals surface area contributed by atoms with Gasteiger partial charge < -0.3 is 10.6 Å². The van der Waals surface area contributed by atoms with Crippen LogP contribution >= 0.6 is 0 Å². The summed E-state index contributed by atoms with van der Waals surface area (Å²) in [5.74, 6) is -0.992. The number of hydrogen-bond acceptors (Lipinski definition) is 4. The molecule has 2 aromatic carbocycles. The van der Waals surface area contributed by atoms with Gasteiger partial charge in [-0.25, -0.2) is 4.68 Å². The third-order valence-electron chi connectivity index (χ3n) is 5.18. The summed E-state index contributed by atoms with van der Waals surface area (Å²) in [6.07, 6.45) is 1.75. The van der Waals surface area contributed by atoms with Crippen LogP contribution in [0.25, 0.3) is 10.8 Å². The maximum Gasteiger partial charge on any atom is 0.275 e. The second-order valence-corrected chi connectivity index (χ2v) is 7.00. The molecule has 1 aromatic heterocycles. The van der Waals surface area contributed by atoms with Crippen LogP contribution in [0.5, 0.6) is 0 Å². The van der Waals surface area contributed by atoms with Gasteiger partial charge in [-0.1, -0.05) is 36.4 Å². The Morgan fingerprint density at radius 2 is 1.79 bits per heavy atom. The summed E-state index contributed by atoms with van der Waals surface area (Å²) >= 11 is 0. The Hall–Kier alpha value is -3.48. The molecule has 0 bridgehead atoms. The summed E-state index contributed by atoms with van der Waals surface area (Å²) in [6.45, 7) is 1.72. The number of primary amides is 1. The first-order chi connectivity index (χ1) is 13.5. The average molecular weight is 376 g/mol. The minimum absolute atomic E-state index is 0.00849. The summed E-state index contributed by atoms with van der Waals surface area (Å²) in [4.78, 5) is 39.5. The van der Waals surface area contributed by atoms with Crippen molar-refractivity contribution in [1.29, 1.82) is 0 Å². The van der Waals surface area contributed by atoms with Gasteiger partial charge in [0.2, 0.25) is 5.91 Å². The molecule has 7 heteroatoms. The Morgan fingerprint density at radius 3 is 2.54 bits per heavy atom. The minimum Gasteiger partial charge on any atom is -0.364 e. The molecule has 1 aliphatic rings. The van der Waals surface area contributed by atoms with E-state index in [2.05, 4.69) is 5.10 Å². The molecule has 0 unspecified atom stereocenters. The van der Waals surface area contributed by atoms with Crippen molar-refractivity contribution in [2.45, 2.75) is 32.4 Å². The Balaban J connectivity index is 1.77. The number of carbonyl (C=O) groups is 2. The molecule has 0 spiro atoms. The van der Waals surface area contributed by atoms with Gasteiger partial charge in [0.05, 0.1) is 5.39 Å². The van der Waals surface area contributed by atoms with E-state index in [0.29, 0.717) is 10.8 Å². The van der Waals surface area contributed by atoms with Crippen LogP contribution in [-0.2, 0) is 17.8 Å². The minimum atomic E-state index is -0.742. The molecule has 0 saturated heterocycles. The van der Waals surface area contributed by atoms with Crippen molar-refractivity contribution in [2.75, 3.05) is 4.90 Å². The van der Waals surface area contributed by atoms with Gasteiger partial charge in [0.1, 0.15) is 6.54 Å². The zero-order valence-corrected chi connectivity index (χ0v) is 15.5. The molecule has 2 N–H and O–H groups in total. The van der Waals surface area contributed by atoms with Gasteiger partial charge >= 0.3 is 0 Å². The molecule has 0 radical (unpaired) electrons. The summed E-state index contributed by atoms with van der Waals surface area (Å²) < 4.78 is 1.04. The van der Waals surface area contributed by atoms with Gasteiger partial charge in [-0.3, -0.25) is 14.4 Å². The third-order valence-corrected chi connectivity index (χ3v) is 5.18. The summed E-state index contributed by atoms with van der Waals surface area (Å²) in [7, 11) is 0. The summed E-state index contributed by atoms with van der Waals surface area (Å²) in [5, 5.41) is 4.80. The van der Waals surface area contributed by atoms with Crippen LogP contribution in [0.3, 0.4) is 0 Å². The lowest BCUT2D eigenvalue weighted by Gasteiger charge is -2.35. The molecule has 1 atom stereocenters. The molecule has 4 rings (SSSR count). The average Bonchev–Trinajstić information content (AvgIpc) is 2.69. The molecule has 0 aliphatic carbocycles. The molecule has 1 aliphatic heterocycles. The molecule has 0 saturated carbocycles. The number of fused-ring (bicyclic) bond motifs is 2. The SMILES string of the molecule is C[C@H]1CCc2ccccc2N1C(=O)Cn1nc(C(N)=O)c2ccccc2c1=O. The fraction of sp³-hybridized carbons (Fsp3) is 0.238. The van der Waals surface area contributed by atoms with E-state index in [9.17, 15) is 14.4 Å². The van der Waals surface area contributed by atoms with Crippen molar-refractivity contribution in [1.82, 2.24) is 9.78 Å². The fourth-order valence-electron chi connectivity index (χ4n) is 3.80. The summed E-state index contributed by atoms with van der Waals surface area (Å²) in [5.41, 5.74) is 6.96. The molecule has 28 heavy (non-hydrogen) atoms. The van der Waals surface area contributed by atoms with E-state index in [0.717, 1.165) is 28.8 Å². The number of aryl methyl sites for hydroxylation is 1. The van der Waals surface area contributed by atoms with Crippen LogP contribution in [0.4, 0.5) is 5.69 Å². The van der Waals surface area contributed by atoms with Crippen LogP contribution in [0.1, 0.15) is 29.4 Å². The smallest absolute Gasteiger partial charge is 0.275 e. The number of rotatable bonds is 3. The number of anilines is 1. The van der Waals surface area contributed by atoms with E-state index in [1.54, 1.807) is 29.2 Å². The Kier molecular flexibility index (Phi) is 4.43. The first-order valence-corrected chi connectivity index (χ1v) is 9.17. The van der Waals surface area contributed by atoms with Crippen LogP contribution in [0.15, 0.2) is 53.3 Å². The van der Waals surface area contributed by atoms with Crippen molar-refractivity contribution in [2.24, 2.45) is 5.73 Å². The Labute approximate surface area is 161 Å². The lowest BCUT2D eigenvalue weighted by molar-refractivity contribution is -0.120. The standard InChI is InChI=1S/C21H20N4O3/c1-13-10-11-14-6-2-5-9-17(14)25(13)18(26)12-24-21(28)16-8-4-3-7-15(16)19(23-24)20(22)27/h2-9,13H,10-12H2,1H3,(H2,22,27)/t13-/m0/s1. The zero-order chi connectivity index (χ0) is 19.8. The predicted molar refractivity (Wildman–Crippen MR) is 106 cm³/mol.